The van der Waals surface area contributed by atoms with Crippen LogP contribution in [0.4, 0.5) is 15.9 Å². The summed E-state index contributed by atoms with van der Waals surface area (Å²) in [5.41, 5.74) is 2.04. The largest absolute Gasteiger partial charge is 0.322 e. The van der Waals surface area contributed by atoms with Crippen molar-refractivity contribution in [3.63, 3.8) is 0 Å². The molecule has 150 valence electrons. The standard InChI is InChI=1S/C23H17ClFN3OS/c24-20-13-19(7-8-21(20)25)27-23(29)18-9-10-26-22(12-18)28-30-14-15-5-6-16-3-1-2-4-17(16)11-15/h1-13H,14H2,(H,26,28)(H,27,29). The lowest BCUT2D eigenvalue weighted by atomic mass is 10.1. The van der Waals surface area contributed by atoms with E-state index < -0.39 is 5.82 Å². The molecule has 0 aliphatic carbocycles. The van der Waals surface area contributed by atoms with Gasteiger partial charge in [-0.25, -0.2) is 9.37 Å². The monoisotopic (exact) mass is 437 g/mol. The Balaban J connectivity index is 1.37. The summed E-state index contributed by atoms with van der Waals surface area (Å²) in [6.45, 7) is 0. The van der Waals surface area contributed by atoms with Gasteiger partial charge in [-0.05, 0) is 58.6 Å². The maximum absolute atomic E-state index is 13.3. The summed E-state index contributed by atoms with van der Waals surface area (Å²) in [6.07, 6.45) is 1.56. The summed E-state index contributed by atoms with van der Waals surface area (Å²) in [4.78, 5) is 16.7. The van der Waals surface area contributed by atoms with Gasteiger partial charge in [0.2, 0.25) is 0 Å². The van der Waals surface area contributed by atoms with Crippen LogP contribution in [0.3, 0.4) is 0 Å². The summed E-state index contributed by atoms with van der Waals surface area (Å²) in [6, 6.07) is 21.9. The van der Waals surface area contributed by atoms with Crippen LogP contribution in [0.5, 0.6) is 0 Å². The van der Waals surface area contributed by atoms with E-state index in [0.29, 0.717) is 17.1 Å². The Morgan fingerprint density at radius 1 is 1.00 bits per heavy atom. The van der Waals surface area contributed by atoms with Crippen molar-refractivity contribution in [1.29, 1.82) is 0 Å². The predicted molar refractivity (Wildman–Crippen MR) is 122 cm³/mol. The number of halogens is 2. The maximum atomic E-state index is 13.3. The van der Waals surface area contributed by atoms with Gasteiger partial charge in [-0.1, -0.05) is 54.1 Å². The highest BCUT2D eigenvalue weighted by Crippen LogP contribution is 2.22. The third-order valence-corrected chi connectivity index (χ3v) is 5.55. The first kappa shape index (κ1) is 20.2. The Morgan fingerprint density at radius 3 is 2.67 bits per heavy atom. The van der Waals surface area contributed by atoms with Gasteiger partial charge >= 0.3 is 0 Å². The summed E-state index contributed by atoms with van der Waals surface area (Å²) in [7, 11) is 0. The van der Waals surface area contributed by atoms with Gasteiger partial charge in [-0.3, -0.25) is 4.79 Å². The molecule has 0 atom stereocenters. The molecule has 0 spiro atoms. The minimum atomic E-state index is -0.534. The lowest BCUT2D eigenvalue weighted by Gasteiger charge is -2.09. The van der Waals surface area contributed by atoms with E-state index in [9.17, 15) is 9.18 Å². The number of nitrogens with zero attached hydrogens (tertiary/aromatic N) is 1. The van der Waals surface area contributed by atoms with Gasteiger partial charge in [0.1, 0.15) is 11.6 Å². The van der Waals surface area contributed by atoms with Crippen LogP contribution < -0.4 is 10.0 Å². The molecule has 1 heterocycles. The van der Waals surface area contributed by atoms with Crippen molar-refractivity contribution in [2.45, 2.75) is 5.75 Å². The van der Waals surface area contributed by atoms with E-state index in [1.165, 1.54) is 46.5 Å². The van der Waals surface area contributed by atoms with Crippen LogP contribution in [0, 0.1) is 5.82 Å². The van der Waals surface area contributed by atoms with Crippen molar-refractivity contribution >= 4 is 51.7 Å². The molecule has 30 heavy (non-hydrogen) atoms. The molecular formula is C23H17ClFN3OS. The zero-order chi connectivity index (χ0) is 20.9. The number of hydrogen-bond donors (Lipinski definition) is 2. The fourth-order valence-corrected chi connectivity index (χ4v) is 3.79. The molecule has 0 saturated heterocycles. The first-order valence-electron chi connectivity index (χ1n) is 9.16. The van der Waals surface area contributed by atoms with Crippen LogP contribution in [0.25, 0.3) is 10.8 Å². The van der Waals surface area contributed by atoms with E-state index in [1.54, 1.807) is 18.3 Å². The first-order valence-corrected chi connectivity index (χ1v) is 10.5. The summed E-state index contributed by atoms with van der Waals surface area (Å²) in [5, 5.41) is 5.07. The zero-order valence-corrected chi connectivity index (χ0v) is 17.3. The van der Waals surface area contributed by atoms with Gasteiger partial charge in [0.15, 0.2) is 0 Å². The molecular weight excluding hydrogens is 421 g/mol. The fourth-order valence-electron chi connectivity index (χ4n) is 2.93. The second-order valence-electron chi connectivity index (χ2n) is 6.59. The smallest absolute Gasteiger partial charge is 0.255 e. The average molecular weight is 438 g/mol. The number of fused-ring (bicyclic) bond motifs is 1. The SMILES string of the molecule is O=C(Nc1ccc(F)c(Cl)c1)c1ccnc(NSCc2ccc3ccccc3c2)c1. The third kappa shape index (κ3) is 4.90. The van der Waals surface area contributed by atoms with E-state index in [4.69, 9.17) is 11.6 Å². The number of hydrogen-bond acceptors (Lipinski definition) is 4. The number of carbonyl (C=O) groups is 1. The van der Waals surface area contributed by atoms with Crippen LogP contribution >= 0.6 is 23.5 Å². The molecule has 1 amide bonds. The highest BCUT2D eigenvalue weighted by atomic mass is 35.5. The number of aromatic nitrogens is 1. The van der Waals surface area contributed by atoms with Crippen LogP contribution in [0.15, 0.2) is 79.0 Å². The number of carbonyl (C=O) groups excluding carboxylic acids is 1. The Morgan fingerprint density at radius 2 is 1.83 bits per heavy atom. The first-order chi connectivity index (χ1) is 14.6. The topological polar surface area (TPSA) is 54.0 Å². The van der Waals surface area contributed by atoms with Crippen molar-refractivity contribution in [1.82, 2.24) is 4.98 Å². The van der Waals surface area contributed by atoms with Gasteiger partial charge in [0.05, 0.1) is 5.02 Å². The summed E-state index contributed by atoms with van der Waals surface area (Å²) >= 11 is 7.25. The van der Waals surface area contributed by atoms with Crippen LogP contribution in [0.2, 0.25) is 5.02 Å². The molecule has 0 radical (unpaired) electrons. The third-order valence-electron chi connectivity index (χ3n) is 4.43. The van der Waals surface area contributed by atoms with Crippen molar-refractivity contribution < 1.29 is 9.18 Å². The number of rotatable bonds is 6. The molecule has 0 aliphatic rings. The number of benzene rings is 3. The predicted octanol–water partition coefficient (Wildman–Crippen LogP) is 6.54. The van der Waals surface area contributed by atoms with E-state index in [2.05, 4.69) is 45.4 Å². The van der Waals surface area contributed by atoms with Crippen LogP contribution in [-0.2, 0) is 5.75 Å². The summed E-state index contributed by atoms with van der Waals surface area (Å²) in [5.74, 6) is 0.457. The van der Waals surface area contributed by atoms with Gasteiger partial charge in [0.25, 0.3) is 5.91 Å². The maximum Gasteiger partial charge on any atom is 0.255 e. The van der Waals surface area contributed by atoms with Crippen molar-refractivity contribution in [2.24, 2.45) is 0 Å². The second kappa shape index (κ2) is 9.15. The molecule has 0 unspecified atom stereocenters. The van der Waals surface area contributed by atoms with Gasteiger partial charge in [-0.2, -0.15) is 0 Å². The molecule has 1 aromatic heterocycles. The normalized spacial score (nSPS) is 10.7. The molecule has 2 N–H and O–H groups in total. The second-order valence-corrected chi connectivity index (χ2v) is 7.77. The Kier molecular flexibility index (Phi) is 6.16. The number of pyridine rings is 1. The Hall–Kier alpha value is -3.09. The molecule has 4 rings (SSSR count). The van der Waals surface area contributed by atoms with E-state index in [0.717, 1.165) is 5.75 Å². The van der Waals surface area contributed by atoms with Crippen LogP contribution in [-0.4, -0.2) is 10.9 Å². The molecule has 0 fully saturated rings. The minimum absolute atomic E-state index is 0.0463. The molecule has 4 nitrogen and oxygen atoms in total. The number of anilines is 2. The quantitative estimate of drug-likeness (QED) is 0.336. The lowest BCUT2D eigenvalue weighted by molar-refractivity contribution is 0.102. The Bertz CT molecular complexity index is 1220. The molecule has 3 aromatic carbocycles. The van der Waals surface area contributed by atoms with Crippen molar-refractivity contribution in [2.75, 3.05) is 10.0 Å². The molecule has 0 aliphatic heterocycles. The molecule has 0 bridgehead atoms. The van der Waals surface area contributed by atoms with E-state index in [1.807, 2.05) is 12.1 Å². The average Bonchev–Trinajstić information content (AvgIpc) is 2.76. The molecule has 7 heteroatoms. The summed E-state index contributed by atoms with van der Waals surface area (Å²) < 4.78 is 16.4. The molecule has 0 saturated carbocycles. The van der Waals surface area contributed by atoms with Crippen molar-refractivity contribution in [3.8, 4) is 0 Å². The van der Waals surface area contributed by atoms with Crippen molar-refractivity contribution in [3.05, 3.63) is 101 Å². The highest BCUT2D eigenvalue weighted by molar-refractivity contribution is 7.99. The lowest BCUT2D eigenvalue weighted by Crippen LogP contribution is -2.12. The fraction of sp³-hybridized carbons (Fsp3) is 0.0435. The molecule has 4 aromatic rings. The highest BCUT2D eigenvalue weighted by Gasteiger charge is 2.09. The number of amides is 1. The van der Waals surface area contributed by atoms with Gasteiger partial charge in [-0.15, -0.1) is 0 Å². The minimum Gasteiger partial charge on any atom is -0.322 e. The van der Waals surface area contributed by atoms with Crippen LogP contribution in [0.1, 0.15) is 15.9 Å². The zero-order valence-electron chi connectivity index (χ0n) is 15.7. The van der Waals surface area contributed by atoms with Gasteiger partial charge < -0.3 is 10.0 Å². The van der Waals surface area contributed by atoms with E-state index in [-0.39, 0.29) is 10.9 Å². The Labute approximate surface area is 182 Å². The van der Waals surface area contributed by atoms with Gasteiger partial charge in [0, 0.05) is 23.2 Å². The number of nitrogens with one attached hydrogen (secondary N) is 2. The van der Waals surface area contributed by atoms with E-state index >= 15 is 0 Å².